The van der Waals surface area contributed by atoms with E-state index in [1.165, 1.54) is 25.6 Å². The van der Waals surface area contributed by atoms with Crippen molar-refractivity contribution in [1.82, 2.24) is 9.97 Å². The van der Waals surface area contributed by atoms with Crippen molar-refractivity contribution in [2.45, 2.75) is 68.9 Å². The molecule has 1 aliphatic carbocycles. The van der Waals surface area contributed by atoms with Gasteiger partial charge >= 0.3 is 5.69 Å². The van der Waals surface area contributed by atoms with Gasteiger partial charge in [0.1, 0.15) is 12.2 Å². The maximum Gasteiger partial charge on any atom is 0.348 e. The maximum absolute atomic E-state index is 11.4. The second-order valence-electron chi connectivity index (χ2n) is 6.67. The summed E-state index contributed by atoms with van der Waals surface area (Å²) in [7, 11) is 0. The molecule has 4 atom stereocenters. The predicted octanol–water partition coefficient (Wildman–Crippen LogP) is 1.56. The monoisotopic (exact) mass is 422 g/mol. The Kier molecular flexibility index (Phi) is 7.22. The fraction of sp³-hybridized carbons (Fsp3) is 0.733. The molecule has 1 fully saturated rings. The molecule has 0 bridgehead atoms. The number of aromatic nitrogens is 2. The van der Waals surface area contributed by atoms with E-state index >= 15 is 0 Å². The fourth-order valence-electron chi connectivity index (χ4n) is 2.72. The summed E-state index contributed by atoms with van der Waals surface area (Å²) >= 11 is 7.26. The Bertz CT molecular complexity index is 689. The minimum Gasteiger partial charge on any atom is -0.388 e. The number of nitrogens with zero attached hydrogens (tertiary/aromatic N) is 3. The Morgan fingerprint density at radius 1 is 1.41 bits per heavy atom. The van der Waals surface area contributed by atoms with Crippen LogP contribution in [0.5, 0.6) is 0 Å². The molecule has 27 heavy (non-hydrogen) atoms. The zero-order chi connectivity index (χ0) is 20.4. The summed E-state index contributed by atoms with van der Waals surface area (Å²) in [5.74, 6) is -0.937. The zero-order valence-electron chi connectivity index (χ0n) is 15.1. The highest BCUT2D eigenvalue weighted by atomic mass is 35.5. The van der Waals surface area contributed by atoms with Gasteiger partial charge in [0.2, 0.25) is 11.0 Å². The van der Waals surface area contributed by atoms with Gasteiger partial charge in [0.15, 0.2) is 10.9 Å². The van der Waals surface area contributed by atoms with Gasteiger partial charge in [-0.1, -0.05) is 30.3 Å². The average molecular weight is 423 g/mol. The van der Waals surface area contributed by atoms with E-state index in [0.717, 1.165) is 6.42 Å². The summed E-state index contributed by atoms with van der Waals surface area (Å²) < 4.78 is 5.34. The van der Waals surface area contributed by atoms with Gasteiger partial charge < -0.3 is 25.4 Å². The first-order chi connectivity index (χ1) is 12.5. The van der Waals surface area contributed by atoms with E-state index in [1.54, 1.807) is 0 Å². The van der Waals surface area contributed by atoms with Gasteiger partial charge in [0.25, 0.3) is 0 Å². The van der Waals surface area contributed by atoms with Crippen molar-refractivity contribution < 1.29 is 25.0 Å². The topological polar surface area (TPSA) is 151 Å². The van der Waals surface area contributed by atoms with Crippen LogP contribution in [0, 0.1) is 10.1 Å². The molecule has 1 aliphatic rings. The minimum absolute atomic E-state index is 0.0997. The SMILES string of the molecule is CCCSc1nc(Cl)c([N+](=O)[O-])c(NC2C[C@H](OC(C)(C)O)C(O)[C@@H]2O)n1. The molecular weight excluding hydrogens is 400 g/mol. The van der Waals surface area contributed by atoms with Crippen molar-refractivity contribution >= 4 is 34.9 Å². The number of hydrogen-bond acceptors (Lipinski definition) is 10. The summed E-state index contributed by atoms with van der Waals surface area (Å²) in [6.45, 7) is 4.77. The first kappa shape index (κ1) is 22.1. The van der Waals surface area contributed by atoms with E-state index in [0.29, 0.717) is 5.75 Å². The van der Waals surface area contributed by atoms with Gasteiger partial charge in [-0.2, -0.15) is 4.98 Å². The number of aliphatic hydroxyl groups excluding tert-OH is 2. The van der Waals surface area contributed by atoms with Gasteiger partial charge in [0.05, 0.1) is 17.1 Å². The van der Waals surface area contributed by atoms with E-state index in [9.17, 15) is 25.4 Å². The van der Waals surface area contributed by atoms with Crippen molar-refractivity contribution in [2.75, 3.05) is 11.1 Å². The molecule has 0 radical (unpaired) electrons. The lowest BCUT2D eigenvalue weighted by Gasteiger charge is -2.25. The van der Waals surface area contributed by atoms with E-state index in [-0.39, 0.29) is 22.5 Å². The standard InChI is InChI=1S/C15H23ClN4O6S/c1-4-5-27-14-18-12(16)9(20(24)25)13(19-14)17-7-6-8(11(22)10(7)21)26-15(2,3)23/h7-8,10-11,21-23H,4-6H2,1-3H3,(H,17,18,19)/t7?,8-,10+,11?/m0/s1. The average Bonchev–Trinajstić information content (AvgIpc) is 2.78. The van der Waals surface area contributed by atoms with Crippen LogP contribution in [0.15, 0.2) is 5.16 Å². The zero-order valence-corrected chi connectivity index (χ0v) is 16.7. The van der Waals surface area contributed by atoms with Crippen molar-refractivity contribution in [2.24, 2.45) is 0 Å². The summed E-state index contributed by atoms with van der Waals surface area (Å²) in [6, 6.07) is -0.791. The van der Waals surface area contributed by atoms with Crippen LogP contribution in [0.4, 0.5) is 11.5 Å². The molecule has 0 amide bonds. The number of hydrogen-bond donors (Lipinski definition) is 4. The highest BCUT2D eigenvalue weighted by Crippen LogP contribution is 2.35. The van der Waals surface area contributed by atoms with Crippen molar-refractivity contribution in [3.8, 4) is 0 Å². The van der Waals surface area contributed by atoms with Crippen LogP contribution in [-0.4, -0.2) is 66.1 Å². The number of thioether (sulfide) groups is 1. The van der Waals surface area contributed by atoms with Gasteiger partial charge in [-0.05, 0) is 26.7 Å². The number of halogens is 1. The predicted molar refractivity (Wildman–Crippen MR) is 99.9 cm³/mol. The highest BCUT2D eigenvalue weighted by molar-refractivity contribution is 7.99. The third-order valence-corrected chi connectivity index (χ3v) is 5.15. The van der Waals surface area contributed by atoms with Gasteiger partial charge in [-0.15, -0.1) is 0 Å². The van der Waals surface area contributed by atoms with Crippen LogP contribution in [0.1, 0.15) is 33.6 Å². The maximum atomic E-state index is 11.4. The summed E-state index contributed by atoms with van der Waals surface area (Å²) in [5, 5.41) is 44.3. The minimum atomic E-state index is -1.51. The normalized spacial score (nSPS) is 25.6. The third kappa shape index (κ3) is 5.62. The van der Waals surface area contributed by atoms with Crippen LogP contribution in [0.3, 0.4) is 0 Å². The molecule has 2 rings (SSSR count). The number of aliphatic hydroxyl groups is 3. The first-order valence-corrected chi connectivity index (χ1v) is 9.77. The molecule has 2 unspecified atom stereocenters. The molecular formula is C15H23ClN4O6S. The molecule has 1 aromatic rings. The van der Waals surface area contributed by atoms with E-state index < -0.39 is 40.8 Å². The lowest BCUT2D eigenvalue weighted by molar-refractivity contribution is -0.384. The fourth-order valence-corrected chi connectivity index (χ4v) is 3.71. The van der Waals surface area contributed by atoms with Crippen LogP contribution < -0.4 is 5.32 Å². The van der Waals surface area contributed by atoms with Crippen LogP contribution in [-0.2, 0) is 4.74 Å². The molecule has 0 spiro atoms. The van der Waals surface area contributed by atoms with Gasteiger partial charge in [-0.25, -0.2) is 4.98 Å². The van der Waals surface area contributed by atoms with E-state index in [4.69, 9.17) is 16.3 Å². The Labute approximate surface area is 165 Å². The molecule has 0 aromatic carbocycles. The smallest absolute Gasteiger partial charge is 0.348 e. The van der Waals surface area contributed by atoms with Crippen molar-refractivity contribution in [3.63, 3.8) is 0 Å². The van der Waals surface area contributed by atoms with E-state index in [1.807, 2.05) is 6.92 Å². The number of rotatable bonds is 8. The quantitative estimate of drug-likeness (QED) is 0.121. The molecule has 0 saturated heterocycles. The summed E-state index contributed by atoms with van der Waals surface area (Å²) in [5.41, 5.74) is -0.508. The van der Waals surface area contributed by atoms with E-state index in [2.05, 4.69) is 15.3 Å². The molecule has 1 aromatic heterocycles. The molecule has 12 heteroatoms. The lowest BCUT2D eigenvalue weighted by atomic mass is 10.2. The number of nitrogens with one attached hydrogen (secondary N) is 1. The van der Waals surface area contributed by atoms with Gasteiger partial charge in [0, 0.05) is 5.75 Å². The van der Waals surface area contributed by atoms with Crippen LogP contribution in [0.25, 0.3) is 0 Å². The third-order valence-electron chi connectivity index (χ3n) is 3.83. The summed E-state index contributed by atoms with van der Waals surface area (Å²) in [4.78, 5) is 18.7. The lowest BCUT2D eigenvalue weighted by Crippen LogP contribution is -2.39. The number of anilines is 1. The van der Waals surface area contributed by atoms with Crippen LogP contribution >= 0.6 is 23.4 Å². The Hall–Kier alpha value is -1.24. The Morgan fingerprint density at radius 2 is 2.07 bits per heavy atom. The second-order valence-corrected chi connectivity index (χ2v) is 8.09. The van der Waals surface area contributed by atoms with Gasteiger partial charge in [-0.3, -0.25) is 10.1 Å². The van der Waals surface area contributed by atoms with Crippen molar-refractivity contribution in [3.05, 3.63) is 15.3 Å². The molecule has 1 heterocycles. The first-order valence-electron chi connectivity index (χ1n) is 8.41. The van der Waals surface area contributed by atoms with Crippen molar-refractivity contribution in [1.29, 1.82) is 0 Å². The number of nitro groups is 1. The number of ether oxygens (including phenoxy) is 1. The molecule has 1 saturated carbocycles. The molecule has 0 aliphatic heterocycles. The second kappa shape index (κ2) is 8.84. The molecule has 10 nitrogen and oxygen atoms in total. The highest BCUT2D eigenvalue weighted by Gasteiger charge is 2.45. The Balaban J connectivity index is 2.27. The van der Waals surface area contributed by atoms with Crippen LogP contribution in [0.2, 0.25) is 5.15 Å². The molecule has 152 valence electrons. The molecule has 4 N–H and O–H groups in total. The summed E-state index contributed by atoms with van der Waals surface area (Å²) in [6.07, 6.45) is -2.46. The largest absolute Gasteiger partial charge is 0.388 e. The Morgan fingerprint density at radius 3 is 2.63 bits per heavy atom.